The molecule has 0 saturated carbocycles. The molecular weight excluding hydrogens is 262 g/mol. The SMILES string of the molecule is Cc1nc(Cc2ccc(Cl)cc2)c2c(c1O)COC2. The van der Waals surface area contributed by atoms with Gasteiger partial charge in [-0.15, -0.1) is 0 Å². The molecule has 0 aliphatic carbocycles. The van der Waals surface area contributed by atoms with Crippen LogP contribution in [0.2, 0.25) is 5.02 Å². The fourth-order valence-electron chi connectivity index (χ4n) is 2.38. The van der Waals surface area contributed by atoms with Crippen molar-refractivity contribution >= 4 is 11.6 Å². The number of aryl methyl sites for hydroxylation is 1. The molecule has 0 radical (unpaired) electrons. The van der Waals surface area contributed by atoms with Gasteiger partial charge in [0.25, 0.3) is 0 Å². The van der Waals surface area contributed by atoms with Crippen LogP contribution in [0.25, 0.3) is 0 Å². The maximum absolute atomic E-state index is 9.99. The van der Waals surface area contributed by atoms with Gasteiger partial charge < -0.3 is 9.84 Å². The minimum absolute atomic E-state index is 0.271. The van der Waals surface area contributed by atoms with Gasteiger partial charge in [0.2, 0.25) is 0 Å². The highest BCUT2D eigenvalue weighted by Crippen LogP contribution is 2.33. The Morgan fingerprint density at radius 2 is 1.89 bits per heavy atom. The molecule has 19 heavy (non-hydrogen) atoms. The van der Waals surface area contributed by atoms with Crippen molar-refractivity contribution in [2.24, 2.45) is 0 Å². The monoisotopic (exact) mass is 275 g/mol. The molecule has 2 aromatic rings. The van der Waals surface area contributed by atoms with Crippen LogP contribution in [0, 0.1) is 6.92 Å². The first-order valence-electron chi connectivity index (χ1n) is 6.17. The molecule has 1 N–H and O–H groups in total. The Kier molecular flexibility index (Phi) is 3.17. The zero-order valence-electron chi connectivity index (χ0n) is 10.6. The smallest absolute Gasteiger partial charge is 0.142 e. The molecule has 4 heteroatoms. The number of rotatable bonds is 2. The number of aromatic hydroxyl groups is 1. The van der Waals surface area contributed by atoms with Crippen molar-refractivity contribution < 1.29 is 9.84 Å². The van der Waals surface area contributed by atoms with Crippen molar-refractivity contribution in [2.75, 3.05) is 0 Å². The van der Waals surface area contributed by atoms with E-state index < -0.39 is 0 Å². The van der Waals surface area contributed by atoms with Crippen LogP contribution in [0.15, 0.2) is 24.3 Å². The van der Waals surface area contributed by atoms with Crippen molar-refractivity contribution in [1.29, 1.82) is 0 Å². The highest BCUT2D eigenvalue weighted by molar-refractivity contribution is 6.30. The molecule has 3 nitrogen and oxygen atoms in total. The number of ether oxygens (including phenoxy) is 1. The molecule has 98 valence electrons. The zero-order chi connectivity index (χ0) is 13.4. The van der Waals surface area contributed by atoms with Crippen molar-refractivity contribution in [3.8, 4) is 5.75 Å². The number of nitrogens with zero attached hydrogens (tertiary/aromatic N) is 1. The summed E-state index contributed by atoms with van der Waals surface area (Å²) in [5.41, 5.74) is 4.70. The second kappa shape index (κ2) is 4.83. The predicted molar refractivity (Wildman–Crippen MR) is 73.4 cm³/mol. The van der Waals surface area contributed by atoms with E-state index in [0.717, 1.165) is 33.8 Å². The summed E-state index contributed by atoms with van der Waals surface area (Å²) in [6, 6.07) is 7.74. The lowest BCUT2D eigenvalue weighted by Gasteiger charge is -2.10. The van der Waals surface area contributed by atoms with Gasteiger partial charge in [-0.1, -0.05) is 23.7 Å². The average Bonchev–Trinajstić information content (AvgIpc) is 2.88. The van der Waals surface area contributed by atoms with E-state index in [1.807, 2.05) is 31.2 Å². The first-order valence-corrected chi connectivity index (χ1v) is 6.55. The minimum atomic E-state index is 0.271. The molecule has 0 unspecified atom stereocenters. The Balaban J connectivity index is 1.99. The highest BCUT2D eigenvalue weighted by atomic mass is 35.5. The quantitative estimate of drug-likeness (QED) is 0.914. The largest absolute Gasteiger partial charge is 0.506 e. The summed E-state index contributed by atoms with van der Waals surface area (Å²) in [7, 11) is 0. The van der Waals surface area contributed by atoms with Crippen LogP contribution in [-0.4, -0.2) is 10.1 Å². The Hall–Kier alpha value is -1.58. The van der Waals surface area contributed by atoms with Gasteiger partial charge in [0.05, 0.1) is 24.6 Å². The molecule has 1 aromatic heterocycles. The average molecular weight is 276 g/mol. The molecular formula is C15H14ClNO2. The molecule has 0 amide bonds. The molecule has 0 fully saturated rings. The van der Waals surface area contributed by atoms with E-state index in [1.165, 1.54) is 0 Å². The minimum Gasteiger partial charge on any atom is -0.506 e. The lowest BCUT2D eigenvalue weighted by Crippen LogP contribution is -2.02. The second-order valence-electron chi connectivity index (χ2n) is 4.75. The third-order valence-electron chi connectivity index (χ3n) is 3.42. The maximum atomic E-state index is 9.99. The molecule has 0 saturated heterocycles. The number of halogens is 1. The molecule has 0 spiro atoms. The van der Waals surface area contributed by atoms with Crippen LogP contribution >= 0.6 is 11.6 Å². The Morgan fingerprint density at radius 3 is 2.63 bits per heavy atom. The first-order chi connectivity index (χ1) is 9.15. The van der Waals surface area contributed by atoms with Crippen LogP contribution < -0.4 is 0 Å². The Labute approximate surface area is 116 Å². The summed E-state index contributed by atoms with van der Waals surface area (Å²) in [5.74, 6) is 0.271. The summed E-state index contributed by atoms with van der Waals surface area (Å²) in [5, 5.41) is 10.7. The maximum Gasteiger partial charge on any atom is 0.142 e. The van der Waals surface area contributed by atoms with Gasteiger partial charge in [-0.3, -0.25) is 4.98 Å². The molecule has 1 aromatic carbocycles. The van der Waals surface area contributed by atoms with Crippen LogP contribution in [0.3, 0.4) is 0 Å². The van der Waals surface area contributed by atoms with E-state index in [0.29, 0.717) is 18.9 Å². The number of aromatic nitrogens is 1. The third-order valence-corrected chi connectivity index (χ3v) is 3.67. The standard InChI is InChI=1S/C15H14ClNO2/c1-9-15(18)13-8-19-7-12(13)14(17-9)6-10-2-4-11(16)5-3-10/h2-5,18H,6-8H2,1H3. The van der Waals surface area contributed by atoms with E-state index in [1.54, 1.807) is 0 Å². The van der Waals surface area contributed by atoms with Crippen LogP contribution in [0.1, 0.15) is 28.1 Å². The number of fused-ring (bicyclic) bond motifs is 1. The van der Waals surface area contributed by atoms with E-state index >= 15 is 0 Å². The fourth-order valence-corrected chi connectivity index (χ4v) is 2.51. The third kappa shape index (κ3) is 2.31. The van der Waals surface area contributed by atoms with Gasteiger partial charge in [0.15, 0.2) is 0 Å². The lowest BCUT2D eigenvalue weighted by molar-refractivity contribution is 0.133. The van der Waals surface area contributed by atoms with Crippen LogP contribution in [0.4, 0.5) is 0 Å². The molecule has 0 bridgehead atoms. The normalized spacial score (nSPS) is 13.6. The second-order valence-corrected chi connectivity index (χ2v) is 5.18. The van der Waals surface area contributed by atoms with Gasteiger partial charge in [0.1, 0.15) is 5.75 Å². The number of hydrogen-bond donors (Lipinski definition) is 1. The molecule has 3 rings (SSSR count). The Bertz CT molecular complexity index is 623. The summed E-state index contributed by atoms with van der Waals surface area (Å²) in [6.45, 7) is 2.82. The first kappa shape index (κ1) is 12.5. The summed E-state index contributed by atoms with van der Waals surface area (Å²) >= 11 is 5.89. The van der Waals surface area contributed by atoms with E-state index in [9.17, 15) is 5.11 Å². The van der Waals surface area contributed by atoms with E-state index in [4.69, 9.17) is 16.3 Å². The van der Waals surface area contributed by atoms with Crippen molar-refractivity contribution in [1.82, 2.24) is 4.98 Å². The lowest BCUT2D eigenvalue weighted by atomic mass is 10.0. The topological polar surface area (TPSA) is 42.4 Å². The van der Waals surface area contributed by atoms with E-state index in [-0.39, 0.29) is 5.75 Å². The van der Waals surface area contributed by atoms with Gasteiger partial charge in [0, 0.05) is 22.6 Å². The highest BCUT2D eigenvalue weighted by Gasteiger charge is 2.22. The van der Waals surface area contributed by atoms with Crippen molar-refractivity contribution in [2.45, 2.75) is 26.6 Å². The molecule has 0 atom stereocenters. The summed E-state index contributed by atoms with van der Waals surface area (Å²) in [6.07, 6.45) is 0.726. The van der Waals surface area contributed by atoms with Gasteiger partial charge in [-0.25, -0.2) is 0 Å². The molecule has 2 heterocycles. The fraction of sp³-hybridized carbons (Fsp3) is 0.267. The molecule has 1 aliphatic heterocycles. The van der Waals surface area contributed by atoms with Crippen molar-refractivity contribution in [3.63, 3.8) is 0 Å². The van der Waals surface area contributed by atoms with Gasteiger partial charge in [-0.2, -0.15) is 0 Å². The summed E-state index contributed by atoms with van der Waals surface area (Å²) < 4.78 is 5.43. The van der Waals surface area contributed by atoms with Crippen LogP contribution in [-0.2, 0) is 24.4 Å². The molecule has 1 aliphatic rings. The van der Waals surface area contributed by atoms with Crippen LogP contribution in [0.5, 0.6) is 5.75 Å². The predicted octanol–water partition coefficient (Wildman–Crippen LogP) is 3.37. The summed E-state index contributed by atoms with van der Waals surface area (Å²) in [4.78, 5) is 4.50. The Morgan fingerprint density at radius 1 is 1.21 bits per heavy atom. The van der Waals surface area contributed by atoms with Gasteiger partial charge >= 0.3 is 0 Å². The number of pyridine rings is 1. The number of benzene rings is 1. The van der Waals surface area contributed by atoms with E-state index in [2.05, 4.69) is 4.98 Å². The zero-order valence-corrected chi connectivity index (χ0v) is 11.4. The number of hydrogen-bond acceptors (Lipinski definition) is 3. The van der Waals surface area contributed by atoms with Crippen molar-refractivity contribution in [3.05, 3.63) is 57.4 Å². The van der Waals surface area contributed by atoms with Gasteiger partial charge in [-0.05, 0) is 24.6 Å².